The van der Waals surface area contributed by atoms with Crippen LogP contribution in [0.2, 0.25) is 0 Å². The third-order valence-corrected chi connectivity index (χ3v) is 4.29. The second-order valence-electron chi connectivity index (χ2n) is 5.85. The van der Waals surface area contributed by atoms with Crippen LogP contribution in [0.3, 0.4) is 0 Å². The van der Waals surface area contributed by atoms with Crippen molar-refractivity contribution in [2.45, 2.75) is 6.92 Å². The van der Waals surface area contributed by atoms with Crippen LogP contribution in [0, 0.1) is 12.7 Å². The molecule has 124 valence electrons. The van der Waals surface area contributed by atoms with Crippen LogP contribution in [-0.4, -0.2) is 22.3 Å². The highest BCUT2D eigenvalue weighted by atomic mass is 19.1. The number of aryl methyl sites for hydroxylation is 1. The second-order valence-corrected chi connectivity index (χ2v) is 5.85. The molecule has 5 heteroatoms. The van der Waals surface area contributed by atoms with E-state index in [9.17, 15) is 4.39 Å². The van der Waals surface area contributed by atoms with E-state index in [1.165, 1.54) is 12.1 Å². The molecule has 4 rings (SSSR count). The lowest BCUT2D eigenvalue weighted by Crippen LogP contribution is -1.90. The Hall–Kier alpha value is -3.21. The number of H-pyrrole nitrogens is 1. The lowest BCUT2D eigenvalue weighted by molar-refractivity contribution is 0.414. The first-order valence-corrected chi connectivity index (χ1v) is 7.91. The number of aromatic nitrogens is 3. The molecule has 25 heavy (non-hydrogen) atoms. The fourth-order valence-electron chi connectivity index (χ4n) is 3.09. The van der Waals surface area contributed by atoms with E-state index in [0.29, 0.717) is 5.65 Å². The third kappa shape index (κ3) is 2.63. The summed E-state index contributed by atoms with van der Waals surface area (Å²) in [6, 6.07) is 14.3. The molecule has 2 aromatic heterocycles. The van der Waals surface area contributed by atoms with Crippen molar-refractivity contribution in [1.82, 2.24) is 15.2 Å². The quantitative estimate of drug-likeness (QED) is 0.589. The standard InChI is InChI=1S/C20H16FN3O/c1-12-10-15(25-2)6-7-16(12)17-8-9-22-20-18(17)19(23-24-20)13-4-3-5-14(21)11-13/h3-11H,1-2H3,(H,22,23,24). The topological polar surface area (TPSA) is 50.8 Å². The van der Waals surface area contributed by atoms with Gasteiger partial charge in [-0.3, -0.25) is 5.10 Å². The summed E-state index contributed by atoms with van der Waals surface area (Å²) < 4.78 is 19.0. The number of methoxy groups -OCH3 is 1. The first-order valence-electron chi connectivity index (χ1n) is 7.91. The summed E-state index contributed by atoms with van der Waals surface area (Å²) in [4.78, 5) is 4.34. The molecule has 0 unspecified atom stereocenters. The molecular weight excluding hydrogens is 317 g/mol. The zero-order valence-corrected chi connectivity index (χ0v) is 13.9. The summed E-state index contributed by atoms with van der Waals surface area (Å²) >= 11 is 0. The zero-order chi connectivity index (χ0) is 17.4. The van der Waals surface area contributed by atoms with Crippen molar-refractivity contribution in [3.8, 4) is 28.1 Å². The van der Waals surface area contributed by atoms with Gasteiger partial charge in [0.15, 0.2) is 5.65 Å². The molecule has 2 heterocycles. The number of fused-ring (bicyclic) bond motifs is 1. The largest absolute Gasteiger partial charge is 0.497 e. The first-order chi connectivity index (χ1) is 12.2. The number of pyridine rings is 1. The van der Waals surface area contributed by atoms with Gasteiger partial charge in [-0.1, -0.05) is 18.2 Å². The maximum absolute atomic E-state index is 13.7. The van der Waals surface area contributed by atoms with Gasteiger partial charge in [-0.05, 0) is 53.9 Å². The SMILES string of the molecule is COc1ccc(-c2ccnc3n[nH]c(-c4cccc(F)c4)c23)c(C)c1. The van der Waals surface area contributed by atoms with Gasteiger partial charge in [-0.2, -0.15) is 5.10 Å². The highest BCUT2D eigenvalue weighted by molar-refractivity contribution is 6.02. The molecule has 1 N–H and O–H groups in total. The van der Waals surface area contributed by atoms with E-state index in [2.05, 4.69) is 15.2 Å². The van der Waals surface area contributed by atoms with E-state index in [4.69, 9.17) is 4.74 Å². The van der Waals surface area contributed by atoms with Crippen LogP contribution in [0.4, 0.5) is 4.39 Å². The van der Waals surface area contributed by atoms with Gasteiger partial charge in [0, 0.05) is 11.8 Å². The van der Waals surface area contributed by atoms with Gasteiger partial charge in [0.25, 0.3) is 0 Å². The van der Waals surface area contributed by atoms with Crippen molar-refractivity contribution in [1.29, 1.82) is 0 Å². The van der Waals surface area contributed by atoms with Gasteiger partial charge in [-0.15, -0.1) is 0 Å². The van der Waals surface area contributed by atoms with Crippen molar-refractivity contribution in [3.63, 3.8) is 0 Å². The van der Waals surface area contributed by atoms with Crippen molar-refractivity contribution in [2.24, 2.45) is 0 Å². The minimum atomic E-state index is -0.286. The fraction of sp³-hybridized carbons (Fsp3) is 0.100. The Morgan fingerprint density at radius 1 is 1.04 bits per heavy atom. The number of halogens is 1. The predicted octanol–water partition coefficient (Wildman–Crippen LogP) is 4.75. The second kappa shape index (κ2) is 6.02. The van der Waals surface area contributed by atoms with Crippen LogP contribution in [-0.2, 0) is 0 Å². The molecule has 0 amide bonds. The molecule has 0 saturated heterocycles. The van der Waals surface area contributed by atoms with Crippen LogP contribution < -0.4 is 4.74 Å². The number of nitrogens with zero attached hydrogens (tertiary/aromatic N) is 2. The maximum atomic E-state index is 13.7. The molecule has 0 bridgehead atoms. The molecule has 0 aliphatic carbocycles. The van der Waals surface area contributed by atoms with E-state index < -0.39 is 0 Å². The molecule has 0 radical (unpaired) electrons. The van der Waals surface area contributed by atoms with Crippen LogP contribution in [0.5, 0.6) is 5.75 Å². The van der Waals surface area contributed by atoms with Crippen molar-refractivity contribution >= 4 is 11.0 Å². The molecule has 0 atom stereocenters. The number of aromatic amines is 1. The third-order valence-electron chi connectivity index (χ3n) is 4.29. The Labute approximate surface area is 144 Å². The minimum Gasteiger partial charge on any atom is -0.497 e. The molecule has 0 aliphatic heterocycles. The summed E-state index contributed by atoms with van der Waals surface area (Å²) in [6.07, 6.45) is 1.73. The Morgan fingerprint density at radius 2 is 1.92 bits per heavy atom. The van der Waals surface area contributed by atoms with E-state index in [1.54, 1.807) is 19.4 Å². The average molecular weight is 333 g/mol. The maximum Gasteiger partial charge on any atom is 0.182 e. The van der Waals surface area contributed by atoms with Gasteiger partial charge in [0.1, 0.15) is 11.6 Å². The Kier molecular flexibility index (Phi) is 3.69. The molecule has 0 spiro atoms. The lowest BCUT2D eigenvalue weighted by atomic mass is 9.96. The van der Waals surface area contributed by atoms with Crippen molar-refractivity contribution < 1.29 is 9.13 Å². The van der Waals surface area contributed by atoms with Crippen LogP contribution in [0.1, 0.15) is 5.56 Å². The van der Waals surface area contributed by atoms with E-state index in [1.807, 2.05) is 37.3 Å². The van der Waals surface area contributed by atoms with Crippen molar-refractivity contribution in [3.05, 3.63) is 66.1 Å². The van der Waals surface area contributed by atoms with E-state index in [-0.39, 0.29) is 5.82 Å². The zero-order valence-electron chi connectivity index (χ0n) is 13.9. The van der Waals surface area contributed by atoms with Crippen LogP contribution in [0.25, 0.3) is 33.4 Å². The number of ether oxygens (including phenoxy) is 1. The summed E-state index contributed by atoms with van der Waals surface area (Å²) in [5.74, 6) is 0.524. The van der Waals surface area contributed by atoms with Gasteiger partial charge < -0.3 is 4.74 Å². The number of hydrogen-bond acceptors (Lipinski definition) is 3. The smallest absolute Gasteiger partial charge is 0.182 e. The van der Waals surface area contributed by atoms with Crippen molar-refractivity contribution in [2.75, 3.05) is 7.11 Å². The normalized spacial score (nSPS) is 11.0. The summed E-state index contributed by atoms with van der Waals surface area (Å²) in [5, 5.41) is 8.17. The number of nitrogens with one attached hydrogen (secondary N) is 1. The Bertz CT molecular complexity index is 1070. The number of hydrogen-bond donors (Lipinski definition) is 1. The summed E-state index contributed by atoms with van der Waals surface area (Å²) in [6.45, 7) is 2.03. The molecule has 2 aromatic carbocycles. The number of rotatable bonds is 3. The average Bonchev–Trinajstić information content (AvgIpc) is 3.06. The van der Waals surface area contributed by atoms with Crippen LogP contribution in [0.15, 0.2) is 54.7 Å². The van der Waals surface area contributed by atoms with Crippen LogP contribution >= 0.6 is 0 Å². The molecule has 0 aliphatic rings. The van der Waals surface area contributed by atoms with Gasteiger partial charge in [-0.25, -0.2) is 9.37 Å². The fourth-order valence-corrected chi connectivity index (χ4v) is 3.09. The van der Waals surface area contributed by atoms with Gasteiger partial charge in [0.05, 0.1) is 18.2 Å². The summed E-state index contributed by atoms with van der Waals surface area (Å²) in [5.41, 5.74) is 5.24. The monoisotopic (exact) mass is 333 g/mol. The molecule has 0 saturated carbocycles. The Balaban J connectivity index is 1.98. The first kappa shape index (κ1) is 15.3. The highest BCUT2D eigenvalue weighted by Gasteiger charge is 2.16. The predicted molar refractivity (Wildman–Crippen MR) is 96.0 cm³/mol. The Morgan fingerprint density at radius 3 is 2.68 bits per heavy atom. The highest BCUT2D eigenvalue weighted by Crippen LogP contribution is 2.36. The molecule has 0 fully saturated rings. The lowest BCUT2D eigenvalue weighted by Gasteiger charge is -2.10. The van der Waals surface area contributed by atoms with E-state index >= 15 is 0 Å². The molecular formula is C20H16FN3O. The van der Waals surface area contributed by atoms with Gasteiger partial charge in [0.2, 0.25) is 0 Å². The summed E-state index contributed by atoms with van der Waals surface area (Å²) in [7, 11) is 1.65. The number of benzene rings is 2. The minimum absolute atomic E-state index is 0.286. The van der Waals surface area contributed by atoms with Gasteiger partial charge >= 0.3 is 0 Å². The molecule has 4 aromatic rings. The molecule has 4 nitrogen and oxygen atoms in total. The van der Waals surface area contributed by atoms with E-state index in [0.717, 1.165) is 39.1 Å².